The SMILES string of the molecule is Fc1cccc(-c2nnc3sc(/C=C\c4ccco4)nn23)c1. The second kappa shape index (κ2) is 5.19. The number of rotatable bonds is 3. The van der Waals surface area contributed by atoms with Gasteiger partial charge in [0, 0.05) is 5.56 Å². The fourth-order valence-corrected chi connectivity index (χ4v) is 2.79. The van der Waals surface area contributed by atoms with Crippen LogP contribution in [0.3, 0.4) is 0 Å². The molecule has 3 heterocycles. The number of hydrogen-bond donors (Lipinski definition) is 0. The average molecular weight is 312 g/mol. The Balaban J connectivity index is 1.73. The van der Waals surface area contributed by atoms with E-state index in [1.54, 1.807) is 22.9 Å². The van der Waals surface area contributed by atoms with Crippen LogP contribution in [0, 0.1) is 5.82 Å². The molecule has 4 aromatic rings. The summed E-state index contributed by atoms with van der Waals surface area (Å²) in [6, 6.07) is 9.89. The monoisotopic (exact) mass is 312 g/mol. The third kappa shape index (κ3) is 2.31. The summed E-state index contributed by atoms with van der Waals surface area (Å²) in [5, 5.41) is 13.3. The van der Waals surface area contributed by atoms with Crippen molar-refractivity contribution in [2.24, 2.45) is 0 Å². The summed E-state index contributed by atoms with van der Waals surface area (Å²) in [6.07, 6.45) is 5.28. The van der Waals surface area contributed by atoms with Crippen LogP contribution in [-0.2, 0) is 0 Å². The lowest BCUT2D eigenvalue weighted by Crippen LogP contribution is -1.91. The van der Waals surface area contributed by atoms with Crippen molar-refractivity contribution in [1.82, 2.24) is 19.8 Å². The van der Waals surface area contributed by atoms with E-state index in [2.05, 4.69) is 15.3 Å². The van der Waals surface area contributed by atoms with Gasteiger partial charge in [-0.05, 0) is 36.4 Å². The number of benzene rings is 1. The third-order valence-electron chi connectivity index (χ3n) is 3.02. The number of aromatic nitrogens is 4. The van der Waals surface area contributed by atoms with Gasteiger partial charge in [0.15, 0.2) is 5.82 Å². The predicted molar refractivity (Wildman–Crippen MR) is 81.7 cm³/mol. The molecule has 0 atom stereocenters. The standard InChI is InChI=1S/C15H9FN4OS/c16-11-4-1-3-10(9-11)14-17-18-15-20(14)19-13(22-15)7-6-12-5-2-8-21-12/h1-9H/b7-6-. The molecule has 0 radical (unpaired) electrons. The Bertz CT molecular complexity index is 955. The van der Waals surface area contributed by atoms with E-state index in [4.69, 9.17) is 4.42 Å². The van der Waals surface area contributed by atoms with Crippen LogP contribution in [0.5, 0.6) is 0 Å². The van der Waals surface area contributed by atoms with Crippen molar-refractivity contribution in [3.05, 3.63) is 59.2 Å². The summed E-state index contributed by atoms with van der Waals surface area (Å²) in [6.45, 7) is 0. The molecule has 0 aliphatic rings. The third-order valence-corrected chi connectivity index (χ3v) is 3.89. The normalized spacial score (nSPS) is 11.7. The van der Waals surface area contributed by atoms with Crippen molar-refractivity contribution in [3.63, 3.8) is 0 Å². The van der Waals surface area contributed by atoms with Crippen LogP contribution in [0.1, 0.15) is 10.8 Å². The van der Waals surface area contributed by atoms with Gasteiger partial charge in [0.2, 0.25) is 4.96 Å². The first kappa shape index (κ1) is 12.9. The maximum Gasteiger partial charge on any atom is 0.235 e. The summed E-state index contributed by atoms with van der Waals surface area (Å²) in [5.74, 6) is 0.946. The molecule has 0 aliphatic carbocycles. The van der Waals surface area contributed by atoms with Crippen LogP contribution in [0.25, 0.3) is 28.5 Å². The van der Waals surface area contributed by atoms with Crippen molar-refractivity contribution >= 4 is 28.4 Å². The first-order valence-electron chi connectivity index (χ1n) is 6.49. The Kier molecular flexibility index (Phi) is 3.05. The summed E-state index contributed by atoms with van der Waals surface area (Å²) < 4.78 is 20.2. The first-order chi connectivity index (χ1) is 10.8. The molecule has 3 aromatic heterocycles. The average Bonchev–Trinajstić information content (AvgIpc) is 3.22. The second-order valence-corrected chi connectivity index (χ2v) is 5.50. The molecular formula is C15H9FN4OS. The van der Waals surface area contributed by atoms with Crippen molar-refractivity contribution in [3.8, 4) is 11.4 Å². The minimum Gasteiger partial charge on any atom is -0.465 e. The first-order valence-corrected chi connectivity index (χ1v) is 7.31. The van der Waals surface area contributed by atoms with Gasteiger partial charge in [0.25, 0.3) is 0 Å². The lowest BCUT2D eigenvalue weighted by atomic mass is 10.2. The zero-order valence-electron chi connectivity index (χ0n) is 11.2. The van der Waals surface area contributed by atoms with Crippen LogP contribution in [0.4, 0.5) is 4.39 Å². The Morgan fingerprint density at radius 1 is 1.14 bits per heavy atom. The lowest BCUT2D eigenvalue weighted by molar-refractivity contribution is 0.557. The van der Waals surface area contributed by atoms with E-state index in [9.17, 15) is 4.39 Å². The van der Waals surface area contributed by atoms with E-state index in [1.165, 1.54) is 23.5 Å². The van der Waals surface area contributed by atoms with Crippen LogP contribution in [0.2, 0.25) is 0 Å². The van der Waals surface area contributed by atoms with Gasteiger partial charge in [-0.3, -0.25) is 0 Å². The summed E-state index contributed by atoms with van der Waals surface area (Å²) in [4.78, 5) is 0.651. The van der Waals surface area contributed by atoms with Gasteiger partial charge in [0.05, 0.1) is 6.26 Å². The van der Waals surface area contributed by atoms with E-state index in [-0.39, 0.29) is 5.82 Å². The van der Waals surface area contributed by atoms with Gasteiger partial charge in [-0.15, -0.1) is 10.2 Å². The van der Waals surface area contributed by atoms with E-state index in [1.807, 2.05) is 24.3 Å². The highest BCUT2D eigenvalue weighted by atomic mass is 32.1. The number of furan rings is 1. The highest BCUT2D eigenvalue weighted by Gasteiger charge is 2.12. The molecule has 0 saturated heterocycles. The van der Waals surface area contributed by atoms with Crippen LogP contribution < -0.4 is 0 Å². The van der Waals surface area contributed by atoms with Crippen molar-refractivity contribution in [2.75, 3.05) is 0 Å². The molecule has 1 aromatic carbocycles. The largest absolute Gasteiger partial charge is 0.465 e. The number of nitrogens with zero attached hydrogens (tertiary/aromatic N) is 4. The highest BCUT2D eigenvalue weighted by molar-refractivity contribution is 7.17. The van der Waals surface area contributed by atoms with Crippen LogP contribution in [-0.4, -0.2) is 19.8 Å². The molecule has 7 heteroatoms. The molecule has 0 amide bonds. The second-order valence-electron chi connectivity index (χ2n) is 4.52. The maximum absolute atomic E-state index is 13.3. The highest BCUT2D eigenvalue weighted by Crippen LogP contribution is 2.23. The van der Waals surface area contributed by atoms with E-state index in [0.29, 0.717) is 16.3 Å². The molecule has 0 bridgehead atoms. The minimum atomic E-state index is -0.317. The number of halogens is 1. The molecule has 0 spiro atoms. The predicted octanol–water partition coefficient (Wildman–Crippen LogP) is 3.76. The molecule has 0 unspecified atom stereocenters. The van der Waals surface area contributed by atoms with Crippen molar-refractivity contribution in [2.45, 2.75) is 0 Å². The quantitative estimate of drug-likeness (QED) is 0.578. The molecule has 0 N–H and O–H groups in total. The zero-order chi connectivity index (χ0) is 14.9. The number of fused-ring (bicyclic) bond motifs is 1. The molecule has 0 aliphatic heterocycles. The minimum absolute atomic E-state index is 0.317. The maximum atomic E-state index is 13.3. The fourth-order valence-electron chi connectivity index (χ4n) is 2.05. The molecule has 4 rings (SSSR count). The number of hydrogen-bond acceptors (Lipinski definition) is 5. The molecular weight excluding hydrogens is 303 g/mol. The van der Waals surface area contributed by atoms with E-state index < -0.39 is 0 Å². The molecule has 0 fully saturated rings. The van der Waals surface area contributed by atoms with Gasteiger partial charge < -0.3 is 4.42 Å². The van der Waals surface area contributed by atoms with Gasteiger partial charge >= 0.3 is 0 Å². The smallest absolute Gasteiger partial charge is 0.235 e. The summed E-state index contributed by atoms with van der Waals surface area (Å²) in [5.41, 5.74) is 0.638. The van der Waals surface area contributed by atoms with E-state index in [0.717, 1.165) is 10.8 Å². The zero-order valence-corrected chi connectivity index (χ0v) is 12.0. The van der Waals surface area contributed by atoms with Gasteiger partial charge in [-0.2, -0.15) is 9.61 Å². The molecule has 108 valence electrons. The van der Waals surface area contributed by atoms with Gasteiger partial charge in [-0.25, -0.2) is 4.39 Å². The summed E-state index contributed by atoms with van der Waals surface area (Å²) in [7, 11) is 0. The lowest BCUT2D eigenvalue weighted by Gasteiger charge is -1.96. The molecule has 22 heavy (non-hydrogen) atoms. The molecule has 5 nitrogen and oxygen atoms in total. The Labute approximate surface area is 128 Å². The fraction of sp³-hybridized carbons (Fsp3) is 0. The van der Waals surface area contributed by atoms with Crippen molar-refractivity contribution in [1.29, 1.82) is 0 Å². The Morgan fingerprint density at radius 3 is 2.91 bits per heavy atom. The molecule has 0 saturated carbocycles. The Morgan fingerprint density at radius 2 is 2.09 bits per heavy atom. The van der Waals surface area contributed by atoms with Gasteiger partial charge in [-0.1, -0.05) is 23.5 Å². The van der Waals surface area contributed by atoms with Crippen LogP contribution >= 0.6 is 11.3 Å². The Hall–Kier alpha value is -2.80. The van der Waals surface area contributed by atoms with Crippen LogP contribution in [0.15, 0.2) is 47.1 Å². The van der Waals surface area contributed by atoms with E-state index >= 15 is 0 Å². The van der Waals surface area contributed by atoms with Gasteiger partial charge in [0.1, 0.15) is 16.6 Å². The topological polar surface area (TPSA) is 56.2 Å². The van der Waals surface area contributed by atoms with Crippen molar-refractivity contribution < 1.29 is 8.81 Å². The summed E-state index contributed by atoms with van der Waals surface area (Å²) >= 11 is 1.39.